The lowest BCUT2D eigenvalue weighted by Gasteiger charge is -2.15. The second-order valence-electron chi connectivity index (χ2n) is 4.98. The van der Waals surface area contributed by atoms with E-state index in [0.717, 1.165) is 22.4 Å². The molecule has 6 heteroatoms. The van der Waals surface area contributed by atoms with E-state index in [1.54, 1.807) is 6.20 Å². The monoisotopic (exact) mass is 304 g/mol. The number of nitrogens with one attached hydrogen (secondary N) is 1. The molecule has 0 bridgehead atoms. The largest absolute Gasteiger partial charge is 0.459 e. The van der Waals surface area contributed by atoms with Crippen LogP contribution in [0.2, 0.25) is 5.02 Å². The van der Waals surface area contributed by atoms with E-state index in [0.29, 0.717) is 11.6 Å². The van der Waals surface area contributed by atoms with Crippen LogP contribution in [0.25, 0.3) is 11.0 Å². The van der Waals surface area contributed by atoms with Crippen LogP contribution in [-0.4, -0.2) is 9.78 Å². The molecule has 0 aliphatic heterocycles. The standard InChI is InChI=1S/C15H17ClN4O/c1-3-20-15(11(16)8-18-20)14(19-17)13-7-10-6-9(2)4-5-12(10)21-13/h4-8,14,19H,3,17H2,1-2H3. The predicted molar refractivity (Wildman–Crippen MR) is 83.0 cm³/mol. The number of hydrazine groups is 1. The number of fused-ring (bicyclic) bond motifs is 1. The number of hydrogen-bond donors (Lipinski definition) is 2. The Kier molecular flexibility index (Phi) is 3.71. The molecule has 0 saturated carbocycles. The highest BCUT2D eigenvalue weighted by molar-refractivity contribution is 6.31. The molecule has 3 rings (SSSR count). The molecule has 0 radical (unpaired) electrons. The molecule has 110 valence electrons. The predicted octanol–water partition coefficient (Wildman–Crippen LogP) is 3.16. The van der Waals surface area contributed by atoms with E-state index in [2.05, 4.69) is 16.6 Å². The van der Waals surface area contributed by atoms with Gasteiger partial charge in [-0.25, -0.2) is 5.43 Å². The van der Waals surface area contributed by atoms with Gasteiger partial charge in [-0.1, -0.05) is 23.2 Å². The van der Waals surface area contributed by atoms with Crippen LogP contribution in [-0.2, 0) is 6.54 Å². The average Bonchev–Trinajstić information content (AvgIpc) is 3.04. The normalized spacial score (nSPS) is 13.0. The van der Waals surface area contributed by atoms with Gasteiger partial charge in [-0.3, -0.25) is 10.5 Å². The molecule has 0 amide bonds. The van der Waals surface area contributed by atoms with Crippen molar-refractivity contribution < 1.29 is 4.42 Å². The van der Waals surface area contributed by atoms with Gasteiger partial charge >= 0.3 is 0 Å². The van der Waals surface area contributed by atoms with E-state index in [-0.39, 0.29) is 6.04 Å². The maximum atomic E-state index is 6.25. The zero-order chi connectivity index (χ0) is 15.0. The smallest absolute Gasteiger partial charge is 0.134 e. The molecule has 0 spiro atoms. The van der Waals surface area contributed by atoms with Gasteiger partial charge in [0, 0.05) is 11.9 Å². The first-order chi connectivity index (χ1) is 10.1. The molecule has 0 aliphatic carbocycles. The van der Waals surface area contributed by atoms with E-state index < -0.39 is 0 Å². The Morgan fingerprint density at radius 2 is 2.24 bits per heavy atom. The van der Waals surface area contributed by atoms with Gasteiger partial charge in [-0.15, -0.1) is 0 Å². The Morgan fingerprint density at radius 3 is 2.95 bits per heavy atom. The van der Waals surface area contributed by atoms with Gasteiger partial charge in [0.05, 0.1) is 16.9 Å². The fraction of sp³-hybridized carbons (Fsp3) is 0.267. The Bertz CT molecular complexity index is 777. The topological polar surface area (TPSA) is 69.0 Å². The summed E-state index contributed by atoms with van der Waals surface area (Å²) in [6.07, 6.45) is 1.62. The van der Waals surface area contributed by atoms with Crippen LogP contribution in [0.15, 0.2) is 34.9 Å². The van der Waals surface area contributed by atoms with Crippen LogP contribution in [0, 0.1) is 6.92 Å². The van der Waals surface area contributed by atoms with Crippen molar-refractivity contribution in [2.45, 2.75) is 26.4 Å². The van der Waals surface area contributed by atoms with E-state index in [1.165, 1.54) is 5.56 Å². The third-order valence-corrected chi connectivity index (χ3v) is 3.84. The van der Waals surface area contributed by atoms with E-state index in [9.17, 15) is 0 Å². The van der Waals surface area contributed by atoms with Crippen LogP contribution < -0.4 is 11.3 Å². The van der Waals surface area contributed by atoms with Crippen LogP contribution in [0.5, 0.6) is 0 Å². The van der Waals surface area contributed by atoms with Crippen molar-refractivity contribution in [2.75, 3.05) is 0 Å². The number of halogens is 1. The second-order valence-corrected chi connectivity index (χ2v) is 5.39. The average molecular weight is 305 g/mol. The summed E-state index contributed by atoms with van der Waals surface area (Å²) in [5.41, 5.74) is 5.59. The molecule has 1 atom stereocenters. The summed E-state index contributed by atoms with van der Waals surface area (Å²) in [4.78, 5) is 0. The maximum absolute atomic E-state index is 6.25. The molecule has 3 N–H and O–H groups in total. The summed E-state index contributed by atoms with van der Waals surface area (Å²) >= 11 is 6.25. The minimum atomic E-state index is -0.340. The molecule has 0 saturated heterocycles. The zero-order valence-corrected chi connectivity index (χ0v) is 12.7. The Balaban J connectivity index is 2.11. The SMILES string of the molecule is CCn1ncc(Cl)c1C(NN)c1cc2cc(C)ccc2o1. The molecule has 21 heavy (non-hydrogen) atoms. The second kappa shape index (κ2) is 5.52. The molecule has 0 aliphatic rings. The van der Waals surface area contributed by atoms with Crippen molar-refractivity contribution in [2.24, 2.45) is 5.84 Å². The molecule has 0 fully saturated rings. The van der Waals surface area contributed by atoms with Gasteiger partial charge in [0.15, 0.2) is 0 Å². The first-order valence-electron chi connectivity index (χ1n) is 6.81. The number of nitrogens with zero attached hydrogens (tertiary/aromatic N) is 2. The van der Waals surface area contributed by atoms with Crippen LogP contribution in [0.3, 0.4) is 0 Å². The first-order valence-corrected chi connectivity index (χ1v) is 7.19. The molecule has 1 unspecified atom stereocenters. The van der Waals surface area contributed by atoms with Crippen LogP contribution in [0.1, 0.15) is 30.0 Å². The first kappa shape index (κ1) is 14.1. The van der Waals surface area contributed by atoms with Crippen LogP contribution >= 0.6 is 11.6 Å². The van der Waals surface area contributed by atoms with Crippen molar-refractivity contribution >= 4 is 22.6 Å². The molecular formula is C15H17ClN4O. The third kappa shape index (κ3) is 2.44. The maximum Gasteiger partial charge on any atom is 0.134 e. The Hall–Kier alpha value is -1.82. The highest BCUT2D eigenvalue weighted by atomic mass is 35.5. The Morgan fingerprint density at radius 1 is 1.43 bits per heavy atom. The fourth-order valence-electron chi connectivity index (χ4n) is 2.53. The summed E-state index contributed by atoms with van der Waals surface area (Å²) in [6, 6.07) is 7.70. The highest BCUT2D eigenvalue weighted by Crippen LogP contribution is 2.31. The molecule has 1 aromatic carbocycles. The quantitative estimate of drug-likeness (QED) is 0.574. The lowest BCUT2D eigenvalue weighted by molar-refractivity contribution is 0.451. The minimum absolute atomic E-state index is 0.340. The summed E-state index contributed by atoms with van der Waals surface area (Å²) < 4.78 is 7.72. The van der Waals surface area contributed by atoms with Crippen molar-refractivity contribution in [3.8, 4) is 0 Å². The molecule has 2 heterocycles. The number of rotatable bonds is 4. The highest BCUT2D eigenvalue weighted by Gasteiger charge is 2.24. The van der Waals surface area contributed by atoms with Gasteiger partial charge in [-0.05, 0) is 32.0 Å². The number of benzene rings is 1. The Labute approximate surface area is 127 Å². The summed E-state index contributed by atoms with van der Waals surface area (Å²) in [5.74, 6) is 6.45. The third-order valence-electron chi connectivity index (χ3n) is 3.55. The number of hydrogen-bond acceptors (Lipinski definition) is 4. The zero-order valence-electron chi connectivity index (χ0n) is 11.9. The molecule has 3 aromatic rings. The van der Waals surface area contributed by atoms with E-state index in [4.69, 9.17) is 21.9 Å². The van der Waals surface area contributed by atoms with Gasteiger partial charge < -0.3 is 4.42 Å². The van der Waals surface area contributed by atoms with Crippen molar-refractivity contribution in [3.05, 3.63) is 52.5 Å². The molecule has 2 aromatic heterocycles. The summed E-state index contributed by atoms with van der Waals surface area (Å²) in [7, 11) is 0. The minimum Gasteiger partial charge on any atom is -0.459 e. The number of furan rings is 1. The van der Waals surface area contributed by atoms with Gasteiger partial charge in [0.2, 0.25) is 0 Å². The van der Waals surface area contributed by atoms with E-state index >= 15 is 0 Å². The molecular weight excluding hydrogens is 288 g/mol. The fourth-order valence-corrected chi connectivity index (χ4v) is 2.78. The summed E-state index contributed by atoms with van der Waals surface area (Å²) in [5, 5.41) is 5.86. The number of aromatic nitrogens is 2. The molecule has 5 nitrogen and oxygen atoms in total. The van der Waals surface area contributed by atoms with Crippen LogP contribution in [0.4, 0.5) is 0 Å². The summed E-state index contributed by atoms with van der Waals surface area (Å²) in [6.45, 7) is 4.76. The van der Waals surface area contributed by atoms with Gasteiger partial charge in [0.25, 0.3) is 0 Å². The number of aryl methyl sites for hydroxylation is 2. The van der Waals surface area contributed by atoms with Crippen molar-refractivity contribution in [3.63, 3.8) is 0 Å². The van der Waals surface area contributed by atoms with Crippen molar-refractivity contribution in [1.82, 2.24) is 15.2 Å². The van der Waals surface area contributed by atoms with Gasteiger partial charge in [0.1, 0.15) is 17.4 Å². The van der Waals surface area contributed by atoms with Gasteiger partial charge in [-0.2, -0.15) is 5.10 Å². The lowest BCUT2D eigenvalue weighted by atomic mass is 10.1. The van der Waals surface area contributed by atoms with E-state index in [1.807, 2.05) is 36.7 Å². The van der Waals surface area contributed by atoms with Crippen molar-refractivity contribution in [1.29, 1.82) is 0 Å². The number of nitrogens with two attached hydrogens (primary N) is 1. The lowest BCUT2D eigenvalue weighted by Crippen LogP contribution is -2.30.